The standard InChI is InChI=1S/C58H61N/c1-58(2)55-19-11-18-52(44-24-22-41(23-25-44)40-12-5-3-6-13-40)57(55)53-35-34-49(38-56(53)58)59(48-32-28-45(29-33-48)54-37-39-20-21-46(54)36-39)47-30-26-43(27-31-47)51-17-10-9-16-50(51)42-14-7-4-8-15-42/h9-11,16-19,22-35,38-40,42,46,54H,3-8,12-15,20-21,36-37H2,1-2H3. The van der Waals surface area contributed by atoms with Gasteiger partial charge in [0.1, 0.15) is 0 Å². The highest BCUT2D eigenvalue weighted by Crippen LogP contribution is 2.55. The van der Waals surface area contributed by atoms with Crippen LogP contribution in [0.15, 0.2) is 133 Å². The van der Waals surface area contributed by atoms with Crippen molar-refractivity contribution in [3.05, 3.63) is 161 Å². The molecule has 0 amide bonds. The molecule has 5 aliphatic rings. The Bertz CT molecular complexity index is 2440. The zero-order valence-corrected chi connectivity index (χ0v) is 35.4. The molecule has 0 spiro atoms. The summed E-state index contributed by atoms with van der Waals surface area (Å²) in [6.45, 7) is 4.87. The van der Waals surface area contributed by atoms with Gasteiger partial charge >= 0.3 is 0 Å². The van der Waals surface area contributed by atoms with Gasteiger partial charge in [0.25, 0.3) is 0 Å². The number of benzene rings is 6. The van der Waals surface area contributed by atoms with Gasteiger partial charge in [-0.1, -0.05) is 156 Å². The molecule has 0 aliphatic heterocycles. The van der Waals surface area contributed by atoms with Crippen LogP contribution in [-0.4, -0.2) is 0 Å². The quantitative estimate of drug-likeness (QED) is 0.149. The summed E-state index contributed by atoms with van der Waals surface area (Å²) in [5, 5.41) is 0. The van der Waals surface area contributed by atoms with Crippen LogP contribution >= 0.6 is 0 Å². The molecule has 0 radical (unpaired) electrons. The smallest absolute Gasteiger partial charge is 0.0465 e. The lowest BCUT2D eigenvalue weighted by Gasteiger charge is -2.29. The van der Waals surface area contributed by atoms with Crippen molar-refractivity contribution in [3.8, 4) is 33.4 Å². The molecular weight excluding hydrogens is 711 g/mol. The highest BCUT2D eigenvalue weighted by Gasteiger charge is 2.40. The molecule has 5 aliphatic carbocycles. The highest BCUT2D eigenvalue weighted by molar-refractivity contribution is 5.94. The van der Waals surface area contributed by atoms with Gasteiger partial charge in [0.05, 0.1) is 0 Å². The Hall–Kier alpha value is -4.88. The van der Waals surface area contributed by atoms with Crippen molar-refractivity contribution in [1.82, 2.24) is 0 Å². The third-order valence-electron chi connectivity index (χ3n) is 16.0. The molecule has 3 atom stereocenters. The predicted molar refractivity (Wildman–Crippen MR) is 249 cm³/mol. The fraction of sp³-hybridized carbons (Fsp3) is 0.379. The van der Waals surface area contributed by atoms with Gasteiger partial charge in [0.2, 0.25) is 0 Å². The lowest BCUT2D eigenvalue weighted by atomic mass is 9.81. The second-order valence-electron chi connectivity index (χ2n) is 19.7. The Labute approximate surface area is 353 Å². The minimum Gasteiger partial charge on any atom is -0.310 e. The van der Waals surface area contributed by atoms with Gasteiger partial charge < -0.3 is 4.90 Å². The van der Waals surface area contributed by atoms with Crippen LogP contribution in [0.5, 0.6) is 0 Å². The average Bonchev–Trinajstić information content (AvgIpc) is 4.00. The Morgan fingerprint density at radius 2 is 1.07 bits per heavy atom. The normalized spacial score (nSPS) is 22.3. The number of nitrogens with zero attached hydrogens (tertiary/aromatic N) is 1. The number of anilines is 3. The van der Waals surface area contributed by atoms with E-state index in [1.165, 1.54) is 163 Å². The van der Waals surface area contributed by atoms with Crippen molar-refractivity contribution in [2.45, 2.75) is 127 Å². The number of hydrogen-bond acceptors (Lipinski definition) is 1. The highest BCUT2D eigenvalue weighted by atomic mass is 15.1. The zero-order valence-electron chi connectivity index (χ0n) is 35.4. The van der Waals surface area contributed by atoms with Crippen LogP contribution in [0.1, 0.15) is 149 Å². The van der Waals surface area contributed by atoms with E-state index >= 15 is 0 Å². The SMILES string of the molecule is CC1(C)c2cc(N(c3ccc(-c4ccccc4C4CCCCC4)cc3)c3ccc(C4CC5CCC4C5)cc3)ccc2-c2c(-c3ccc(C4CCCCC4)cc3)cccc21. The summed E-state index contributed by atoms with van der Waals surface area (Å²) in [5.41, 5.74) is 19.2. The van der Waals surface area contributed by atoms with E-state index in [2.05, 4.69) is 152 Å². The van der Waals surface area contributed by atoms with Gasteiger partial charge in [0.15, 0.2) is 0 Å². The van der Waals surface area contributed by atoms with Gasteiger partial charge in [-0.25, -0.2) is 0 Å². The molecule has 0 heterocycles. The largest absolute Gasteiger partial charge is 0.310 e. The molecular formula is C58H61N. The summed E-state index contributed by atoms with van der Waals surface area (Å²) in [6.07, 6.45) is 19.2. The third kappa shape index (κ3) is 6.68. The fourth-order valence-corrected chi connectivity index (χ4v) is 12.8. The zero-order chi connectivity index (χ0) is 39.5. The van der Waals surface area contributed by atoms with Crippen LogP contribution in [-0.2, 0) is 5.41 Å². The predicted octanol–water partition coefficient (Wildman–Crippen LogP) is 16.8. The lowest BCUT2D eigenvalue weighted by molar-refractivity contribution is 0.420. The molecule has 2 bridgehead atoms. The first-order chi connectivity index (χ1) is 29.0. The molecule has 1 nitrogen and oxygen atoms in total. The maximum Gasteiger partial charge on any atom is 0.0465 e. The van der Waals surface area contributed by atoms with Gasteiger partial charge in [-0.2, -0.15) is 0 Å². The second kappa shape index (κ2) is 15.3. The van der Waals surface area contributed by atoms with E-state index in [0.717, 1.165) is 23.7 Å². The third-order valence-corrected chi connectivity index (χ3v) is 16.0. The van der Waals surface area contributed by atoms with Gasteiger partial charge in [-0.05, 0) is 172 Å². The molecule has 4 fully saturated rings. The number of hydrogen-bond donors (Lipinski definition) is 0. The minimum atomic E-state index is -0.122. The lowest BCUT2D eigenvalue weighted by Crippen LogP contribution is -2.16. The van der Waals surface area contributed by atoms with Crippen LogP contribution in [0.25, 0.3) is 33.4 Å². The van der Waals surface area contributed by atoms with Crippen molar-refractivity contribution < 1.29 is 0 Å². The van der Waals surface area contributed by atoms with Crippen molar-refractivity contribution in [2.75, 3.05) is 4.90 Å². The van der Waals surface area contributed by atoms with E-state index in [4.69, 9.17) is 0 Å². The Balaban J connectivity index is 0.971. The molecule has 0 aromatic heterocycles. The summed E-state index contributed by atoms with van der Waals surface area (Å²) in [5.74, 6) is 3.96. The van der Waals surface area contributed by atoms with E-state index < -0.39 is 0 Å². The number of rotatable bonds is 8. The maximum absolute atomic E-state index is 2.52. The fourth-order valence-electron chi connectivity index (χ4n) is 12.8. The molecule has 59 heavy (non-hydrogen) atoms. The van der Waals surface area contributed by atoms with Crippen molar-refractivity contribution in [3.63, 3.8) is 0 Å². The summed E-state index contributed by atoms with van der Waals surface area (Å²) in [6, 6.07) is 52.5. The van der Waals surface area contributed by atoms with Crippen LogP contribution < -0.4 is 4.90 Å². The first-order valence-electron chi connectivity index (χ1n) is 23.5. The summed E-state index contributed by atoms with van der Waals surface area (Å²) >= 11 is 0. The summed E-state index contributed by atoms with van der Waals surface area (Å²) < 4.78 is 0. The monoisotopic (exact) mass is 771 g/mol. The number of fused-ring (bicyclic) bond motifs is 5. The van der Waals surface area contributed by atoms with Crippen molar-refractivity contribution in [1.29, 1.82) is 0 Å². The van der Waals surface area contributed by atoms with E-state index in [-0.39, 0.29) is 5.41 Å². The van der Waals surface area contributed by atoms with Crippen LogP contribution in [0.4, 0.5) is 17.1 Å². The van der Waals surface area contributed by atoms with E-state index in [0.29, 0.717) is 5.92 Å². The summed E-state index contributed by atoms with van der Waals surface area (Å²) in [4.78, 5) is 2.52. The van der Waals surface area contributed by atoms with Crippen molar-refractivity contribution in [2.24, 2.45) is 11.8 Å². The minimum absolute atomic E-state index is 0.122. The molecule has 0 saturated heterocycles. The van der Waals surface area contributed by atoms with Crippen LogP contribution in [0.3, 0.4) is 0 Å². The molecule has 298 valence electrons. The molecule has 11 rings (SSSR count). The Kier molecular flexibility index (Phi) is 9.63. The molecule has 6 aromatic rings. The molecule has 3 unspecified atom stereocenters. The van der Waals surface area contributed by atoms with E-state index in [1.54, 1.807) is 5.56 Å². The molecule has 6 aromatic carbocycles. The Morgan fingerprint density at radius 1 is 0.458 bits per heavy atom. The van der Waals surface area contributed by atoms with E-state index in [9.17, 15) is 0 Å². The summed E-state index contributed by atoms with van der Waals surface area (Å²) in [7, 11) is 0. The first kappa shape index (κ1) is 37.1. The van der Waals surface area contributed by atoms with Gasteiger partial charge in [-0.3, -0.25) is 0 Å². The topological polar surface area (TPSA) is 3.24 Å². The molecule has 4 saturated carbocycles. The average molecular weight is 772 g/mol. The first-order valence-corrected chi connectivity index (χ1v) is 23.5. The molecule has 1 heteroatoms. The van der Waals surface area contributed by atoms with Gasteiger partial charge in [-0.15, -0.1) is 0 Å². The van der Waals surface area contributed by atoms with Crippen LogP contribution in [0.2, 0.25) is 0 Å². The Morgan fingerprint density at radius 3 is 1.76 bits per heavy atom. The van der Waals surface area contributed by atoms with Crippen molar-refractivity contribution >= 4 is 17.1 Å². The molecule has 0 N–H and O–H groups in total. The second-order valence-corrected chi connectivity index (χ2v) is 19.7. The van der Waals surface area contributed by atoms with Gasteiger partial charge in [0, 0.05) is 22.5 Å². The van der Waals surface area contributed by atoms with E-state index in [1.807, 2.05) is 0 Å². The maximum atomic E-state index is 2.52. The van der Waals surface area contributed by atoms with Crippen LogP contribution in [0, 0.1) is 11.8 Å².